The molecule has 0 saturated carbocycles. The minimum Gasteiger partial charge on any atom is -0.322 e. The van der Waals surface area contributed by atoms with E-state index in [1.54, 1.807) is 0 Å². The molecule has 1 saturated heterocycles. The molecule has 1 aromatic heterocycles. The van der Waals surface area contributed by atoms with Crippen LogP contribution in [0.2, 0.25) is 0 Å². The van der Waals surface area contributed by atoms with E-state index in [4.69, 9.17) is 0 Å². The molecular weight excluding hydrogens is 346 g/mol. The molecule has 2 heterocycles. The van der Waals surface area contributed by atoms with Crippen LogP contribution < -0.4 is 5.32 Å². The van der Waals surface area contributed by atoms with E-state index >= 15 is 0 Å². The Hall–Kier alpha value is -2.72. The van der Waals surface area contributed by atoms with E-state index in [-0.39, 0.29) is 5.91 Å². The Morgan fingerprint density at radius 2 is 1.86 bits per heavy atom. The van der Waals surface area contributed by atoms with Crippen LogP contribution in [0.5, 0.6) is 0 Å². The third-order valence-corrected chi connectivity index (χ3v) is 5.45. The van der Waals surface area contributed by atoms with Gasteiger partial charge in [-0.2, -0.15) is 0 Å². The Morgan fingerprint density at radius 1 is 1.04 bits per heavy atom. The smallest absolute Gasteiger partial charge is 0.257 e. The minimum atomic E-state index is -0.108. The molecule has 4 rings (SSSR count). The highest BCUT2D eigenvalue weighted by Crippen LogP contribution is 2.20. The Bertz CT molecular complexity index is 1010. The van der Waals surface area contributed by atoms with Crippen LogP contribution in [0.25, 0.3) is 10.9 Å². The number of rotatable bonds is 4. The summed E-state index contributed by atoms with van der Waals surface area (Å²) in [5.74, 6) is -0.108. The van der Waals surface area contributed by atoms with Gasteiger partial charge in [0.05, 0.1) is 16.8 Å². The second-order valence-electron chi connectivity index (χ2n) is 7.81. The standard InChI is InChI=1S/C24H27N3O/c1-17-9-10-23-20(13-17)15-22(18(2)25-23)24(28)26-21-8-6-7-19(14-21)16-27-11-4-3-5-12-27/h6-10,13-15H,3-5,11-12,16H2,1-2H3,(H,26,28). The molecule has 1 aliphatic heterocycles. The monoisotopic (exact) mass is 373 g/mol. The minimum absolute atomic E-state index is 0.108. The van der Waals surface area contributed by atoms with Crippen molar-refractivity contribution in [3.8, 4) is 0 Å². The highest BCUT2D eigenvalue weighted by atomic mass is 16.1. The second kappa shape index (κ2) is 8.11. The maximum atomic E-state index is 12.9. The lowest BCUT2D eigenvalue weighted by molar-refractivity contribution is 0.102. The number of hydrogen-bond acceptors (Lipinski definition) is 3. The van der Waals surface area contributed by atoms with Crippen molar-refractivity contribution < 1.29 is 4.79 Å². The first-order valence-corrected chi connectivity index (χ1v) is 10.1. The number of fused-ring (bicyclic) bond motifs is 1. The highest BCUT2D eigenvalue weighted by Gasteiger charge is 2.14. The van der Waals surface area contributed by atoms with Gasteiger partial charge >= 0.3 is 0 Å². The normalized spacial score (nSPS) is 14.9. The average molecular weight is 374 g/mol. The van der Waals surface area contributed by atoms with E-state index in [9.17, 15) is 4.79 Å². The summed E-state index contributed by atoms with van der Waals surface area (Å²) in [6, 6.07) is 16.2. The van der Waals surface area contributed by atoms with E-state index < -0.39 is 0 Å². The summed E-state index contributed by atoms with van der Waals surface area (Å²) in [6.45, 7) is 7.21. The van der Waals surface area contributed by atoms with Crippen molar-refractivity contribution in [3.05, 3.63) is 70.9 Å². The molecule has 0 bridgehead atoms. The van der Waals surface area contributed by atoms with Crippen molar-refractivity contribution in [3.63, 3.8) is 0 Å². The molecule has 3 aromatic rings. The van der Waals surface area contributed by atoms with Gasteiger partial charge in [-0.25, -0.2) is 0 Å². The summed E-state index contributed by atoms with van der Waals surface area (Å²) in [4.78, 5) is 20.0. The first kappa shape index (κ1) is 18.6. The topological polar surface area (TPSA) is 45.2 Å². The molecule has 1 aliphatic rings. The SMILES string of the molecule is Cc1ccc2nc(C)c(C(=O)Nc3cccc(CN4CCCCC4)c3)cc2c1. The molecule has 144 valence electrons. The van der Waals surface area contributed by atoms with Gasteiger partial charge in [0.15, 0.2) is 0 Å². The Balaban J connectivity index is 1.52. The molecule has 0 radical (unpaired) electrons. The molecule has 0 aliphatic carbocycles. The number of piperidine rings is 1. The van der Waals surface area contributed by atoms with Gasteiger partial charge in [-0.05, 0) is 75.7 Å². The molecule has 1 fully saturated rings. The van der Waals surface area contributed by atoms with Crippen molar-refractivity contribution in [1.29, 1.82) is 0 Å². The van der Waals surface area contributed by atoms with Gasteiger partial charge in [0, 0.05) is 17.6 Å². The van der Waals surface area contributed by atoms with Gasteiger partial charge in [0.1, 0.15) is 0 Å². The number of nitrogens with zero attached hydrogens (tertiary/aromatic N) is 2. The summed E-state index contributed by atoms with van der Waals surface area (Å²) in [6.07, 6.45) is 3.90. The van der Waals surface area contributed by atoms with Gasteiger partial charge in [-0.1, -0.05) is 30.2 Å². The maximum Gasteiger partial charge on any atom is 0.257 e. The van der Waals surface area contributed by atoms with E-state index in [0.29, 0.717) is 5.56 Å². The lowest BCUT2D eigenvalue weighted by Crippen LogP contribution is -2.29. The largest absolute Gasteiger partial charge is 0.322 e. The lowest BCUT2D eigenvalue weighted by Gasteiger charge is -2.26. The number of hydrogen-bond donors (Lipinski definition) is 1. The molecule has 2 aromatic carbocycles. The molecule has 0 spiro atoms. The predicted molar refractivity (Wildman–Crippen MR) is 115 cm³/mol. The fourth-order valence-electron chi connectivity index (χ4n) is 3.94. The molecule has 4 nitrogen and oxygen atoms in total. The third kappa shape index (κ3) is 4.23. The summed E-state index contributed by atoms with van der Waals surface area (Å²) in [5, 5.41) is 4.05. The van der Waals surface area contributed by atoms with E-state index in [1.807, 2.05) is 44.2 Å². The Kier molecular flexibility index (Phi) is 5.40. The molecule has 28 heavy (non-hydrogen) atoms. The van der Waals surface area contributed by atoms with Crippen LogP contribution in [0.15, 0.2) is 48.5 Å². The Labute approximate surface area is 166 Å². The van der Waals surface area contributed by atoms with Crippen LogP contribution in [0.3, 0.4) is 0 Å². The molecule has 1 N–H and O–H groups in total. The number of amides is 1. The fraction of sp³-hybridized carbons (Fsp3) is 0.333. The van der Waals surface area contributed by atoms with Crippen LogP contribution in [-0.4, -0.2) is 28.9 Å². The fourth-order valence-corrected chi connectivity index (χ4v) is 3.94. The van der Waals surface area contributed by atoms with Crippen LogP contribution in [-0.2, 0) is 6.54 Å². The van der Waals surface area contributed by atoms with Gasteiger partial charge in [-0.15, -0.1) is 0 Å². The number of anilines is 1. The van der Waals surface area contributed by atoms with Crippen LogP contribution in [0, 0.1) is 13.8 Å². The highest BCUT2D eigenvalue weighted by molar-refractivity contribution is 6.06. The zero-order valence-electron chi connectivity index (χ0n) is 16.7. The van der Waals surface area contributed by atoms with Crippen molar-refractivity contribution in [1.82, 2.24) is 9.88 Å². The second-order valence-corrected chi connectivity index (χ2v) is 7.81. The van der Waals surface area contributed by atoms with Gasteiger partial charge in [0.25, 0.3) is 5.91 Å². The van der Waals surface area contributed by atoms with Gasteiger partial charge in [-0.3, -0.25) is 14.7 Å². The molecule has 4 heteroatoms. The predicted octanol–water partition coefficient (Wildman–Crippen LogP) is 5.09. The van der Waals surface area contributed by atoms with Crippen LogP contribution in [0.4, 0.5) is 5.69 Å². The number of carbonyl (C=O) groups excluding carboxylic acids is 1. The number of aromatic nitrogens is 1. The molecule has 0 atom stereocenters. The summed E-state index contributed by atoms with van der Waals surface area (Å²) in [5.41, 5.74) is 5.53. The van der Waals surface area contributed by atoms with Crippen LogP contribution >= 0.6 is 0 Å². The Morgan fingerprint density at radius 3 is 2.68 bits per heavy atom. The quantitative estimate of drug-likeness (QED) is 0.693. The van der Waals surface area contributed by atoms with E-state index in [2.05, 4.69) is 33.4 Å². The molecule has 1 amide bonds. The summed E-state index contributed by atoms with van der Waals surface area (Å²) >= 11 is 0. The number of nitrogens with one attached hydrogen (secondary N) is 1. The lowest BCUT2D eigenvalue weighted by atomic mass is 10.1. The number of benzene rings is 2. The van der Waals surface area contributed by atoms with Crippen molar-refractivity contribution in [2.75, 3.05) is 18.4 Å². The van der Waals surface area contributed by atoms with E-state index in [1.165, 1.54) is 24.8 Å². The van der Waals surface area contributed by atoms with Crippen molar-refractivity contribution >= 4 is 22.5 Å². The molecular formula is C24H27N3O. The zero-order valence-corrected chi connectivity index (χ0v) is 16.7. The first-order valence-electron chi connectivity index (χ1n) is 10.1. The van der Waals surface area contributed by atoms with Crippen molar-refractivity contribution in [2.45, 2.75) is 39.7 Å². The van der Waals surface area contributed by atoms with E-state index in [0.717, 1.165) is 47.5 Å². The van der Waals surface area contributed by atoms with Gasteiger partial charge in [0.2, 0.25) is 0 Å². The summed E-state index contributed by atoms with van der Waals surface area (Å²) in [7, 11) is 0. The number of carbonyl (C=O) groups is 1. The zero-order chi connectivity index (χ0) is 19.5. The number of likely N-dealkylation sites (tertiary alicyclic amines) is 1. The number of aryl methyl sites for hydroxylation is 2. The van der Waals surface area contributed by atoms with Crippen LogP contribution in [0.1, 0.15) is 46.4 Å². The third-order valence-electron chi connectivity index (χ3n) is 5.45. The maximum absolute atomic E-state index is 12.9. The van der Waals surface area contributed by atoms with Gasteiger partial charge < -0.3 is 5.32 Å². The first-order chi connectivity index (χ1) is 13.6. The summed E-state index contributed by atoms with van der Waals surface area (Å²) < 4.78 is 0. The number of pyridine rings is 1. The molecule has 0 unspecified atom stereocenters. The van der Waals surface area contributed by atoms with Crippen molar-refractivity contribution in [2.24, 2.45) is 0 Å². The average Bonchev–Trinajstić information content (AvgIpc) is 2.69.